The molecule has 1 aliphatic heterocycles. The molecule has 1 aromatic heterocycles. The van der Waals surface area contributed by atoms with Gasteiger partial charge in [-0.3, -0.25) is 9.59 Å². The highest BCUT2D eigenvalue weighted by atomic mass is 32.2. The number of carbonyl (C=O) groups excluding carboxylic acids is 2. The van der Waals surface area contributed by atoms with E-state index in [2.05, 4.69) is 16.0 Å². The molecule has 3 rings (SSSR count). The zero-order valence-electron chi connectivity index (χ0n) is 13.8. The summed E-state index contributed by atoms with van der Waals surface area (Å²) < 4.78 is 1.12. The number of hydrogen-bond donors (Lipinski definition) is 3. The van der Waals surface area contributed by atoms with Gasteiger partial charge in [0.15, 0.2) is 0 Å². The first-order valence-corrected chi connectivity index (χ1v) is 10.1. The Bertz CT molecular complexity index is 696. The lowest BCUT2D eigenvalue weighted by Gasteiger charge is -2.11. The Labute approximate surface area is 155 Å². The minimum atomic E-state index is -0.0835. The summed E-state index contributed by atoms with van der Waals surface area (Å²) in [7, 11) is 0. The molecule has 0 radical (unpaired) electrons. The van der Waals surface area contributed by atoms with Gasteiger partial charge in [-0.05, 0) is 55.1 Å². The van der Waals surface area contributed by atoms with Crippen LogP contribution in [0.3, 0.4) is 0 Å². The van der Waals surface area contributed by atoms with Gasteiger partial charge in [0.05, 0.1) is 9.96 Å². The van der Waals surface area contributed by atoms with Crippen LogP contribution in [0.4, 0.5) is 5.69 Å². The molecule has 1 unspecified atom stereocenters. The largest absolute Gasteiger partial charge is 0.350 e. The van der Waals surface area contributed by atoms with Crippen LogP contribution in [-0.4, -0.2) is 36.7 Å². The van der Waals surface area contributed by atoms with E-state index in [0.29, 0.717) is 29.6 Å². The van der Waals surface area contributed by atoms with E-state index in [1.165, 1.54) is 18.2 Å². The summed E-state index contributed by atoms with van der Waals surface area (Å²) in [5.41, 5.74) is 1.30. The van der Waals surface area contributed by atoms with E-state index in [1.54, 1.807) is 35.6 Å². The maximum Gasteiger partial charge on any atom is 0.251 e. The highest BCUT2D eigenvalue weighted by Crippen LogP contribution is 2.23. The summed E-state index contributed by atoms with van der Waals surface area (Å²) in [4.78, 5) is 24.1. The normalized spacial score (nSPS) is 16.6. The first-order chi connectivity index (χ1) is 12.2. The van der Waals surface area contributed by atoms with Crippen LogP contribution in [0.2, 0.25) is 0 Å². The molecular formula is C18H21N3O2S2. The molecule has 1 fully saturated rings. The lowest BCUT2D eigenvalue weighted by molar-refractivity contribution is -0.113. The van der Waals surface area contributed by atoms with Crippen LogP contribution >= 0.6 is 23.1 Å². The molecule has 0 aliphatic carbocycles. The van der Waals surface area contributed by atoms with E-state index in [9.17, 15) is 9.59 Å². The van der Waals surface area contributed by atoms with E-state index in [4.69, 9.17) is 0 Å². The quantitative estimate of drug-likeness (QED) is 0.651. The topological polar surface area (TPSA) is 70.2 Å². The van der Waals surface area contributed by atoms with Crippen molar-refractivity contribution >= 4 is 40.6 Å². The number of anilines is 1. The summed E-state index contributed by atoms with van der Waals surface area (Å²) in [6, 6.07) is 11.3. The predicted octanol–water partition coefficient (Wildman–Crippen LogP) is 2.96. The average Bonchev–Trinajstić information content (AvgIpc) is 3.32. The Balaban J connectivity index is 1.44. The fraction of sp³-hybridized carbons (Fsp3) is 0.333. The van der Waals surface area contributed by atoms with Gasteiger partial charge in [-0.15, -0.1) is 23.1 Å². The van der Waals surface area contributed by atoms with E-state index >= 15 is 0 Å². The highest BCUT2D eigenvalue weighted by Gasteiger charge is 2.15. The standard InChI is InChI=1S/C18H21N3O2S2/c22-16(12-25-17-4-2-10-24-17)21-14-7-5-13(6-8-14)18(23)20-11-15-3-1-9-19-15/h2,4-8,10,15,19H,1,3,9,11-12H2,(H,20,23)(H,21,22). The van der Waals surface area contributed by atoms with Crippen LogP contribution in [0.15, 0.2) is 46.0 Å². The second-order valence-electron chi connectivity index (χ2n) is 5.85. The Morgan fingerprint density at radius 2 is 2.08 bits per heavy atom. The van der Waals surface area contributed by atoms with Crippen molar-refractivity contribution in [1.29, 1.82) is 0 Å². The Kier molecular flexibility index (Phi) is 6.49. The zero-order valence-corrected chi connectivity index (χ0v) is 15.4. The molecule has 5 nitrogen and oxygen atoms in total. The van der Waals surface area contributed by atoms with Crippen LogP contribution in [0.5, 0.6) is 0 Å². The molecule has 1 aliphatic rings. The third-order valence-electron chi connectivity index (χ3n) is 3.94. The van der Waals surface area contributed by atoms with E-state index in [-0.39, 0.29) is 11.8 Å². The first kappa shape index (κ1) is 18.0. The van der Waals surface area contributed by atoms with Crippen LogP contribution in [-0.2, 0) is 4.79 Å². The molecule has 2 heterocycles. The maximum atomic E-state index is 12.1. The van der Waals surface area contributed by atoms with Gasteiger partial charge < -0.3 is 16.0 Å². The number of carbonyl (C=O) groups is 2. The molecule has 7 heteroatoms. The minimum absolute atomic E-state index is 0.0529. The number of rotatable bonds is 7. The second kappa shape index (κ2) is 9.03. The monoisotopic (exact) mass is 375 g/mol. The molecule has 1 aromatic carbocycles. The lowest BCUT2D eigenvalue weighted by atomic mass is 10.1. The van der Waals surface area contributed by atoms with Crippen molar-refractivity contribution in [2.24, 2.45) is 0 Å². The number of amides is 2. The smallest absolute Gasteiger partial charge is 0.251 e. The summed E-state index contributed by atoms with van der Waals surface area (Å²) in [6.45, 7) is 1.68. The van der Waals surface area contributed by atoms with Gasteiger partial charge in [0.1, 0.15) is 0 Å². The SMILES string of the molecule is O=C(CSc1cccs1)Nc1ccc(C(=O)NCC2CCCN2)cc1. The summed E-state index contributed by atoms with van der Waals surface area (Å²) in [6.07, 6.45) is 2.27. The second-order valence-corrected chi connectivity index (χ2v) is 8.07. The summed E-state index contributed by atoms with van der Waals surface area (Å²) >= 11 is 3.14. The molecule has 1 saturated heterocycles. The highest BCUT2D eigenvalue weighted by molar-refractivity contribution is 8.01. The van der Waals surface area contributed by atoms with Gasteiger partial charge in [-0.2, -0.15) is 0 Å². The van der Waals surface area contributed by atoms with Crippen molar-refractivity contribution in [3.8, 4) is 0 Å². The average molecular weight is 376 g/mol. The fourth-order valence-corrected chi connectivity index (χ4v) is 4.22. The van der Waals surface area contributed by atoms with Gasteiger partial charge in [-0.1, -0.05) is 6.07 Å². The van der Waals surface area contributed by atoms with Crippen molar-refractivity contribution < 1.29 is 9.59 Å². The lowest BCUT2D eigenvalue weighted by Crippen LogP contribution is -2.37. The van der Waals surface area contributed by atoms with E-state index in [0.717, 1.165) is 17.2 Å². The molecule has 0 spiro atoms. The first-order valence-electron chi connectivity index (χ1n) is 8.28. The molecule has 2 amide bonds. The number of thiophene rings is 1. The molecule has 3 N–H and O–H groups in total. The van der Waals surface area contributed by atoms with Gasteiger partial charge in [0, 0.05) is 23.8 Å². The van der Waals surface area contributed by atoms with E-state index in [1.807, 2.05) is 17.5 Å². The van der Waals surface area contributed by atoms with Crippen molar-refractivity contribution in [3.63, 3.8) is 0 Å². The predicted molar refractivity (Wildman–Crippen MR) is 103 cm³/mol. The number of nitrogens with one attached hydrogen (secondary N) is 3. The van der Waals surface area contributed by atoms with Crippen LogP contribution in [0, 0.1) is 0 Å². The van der Waals surface area contributed by atoms with Crippen molar-refractivity contribution in [2.75, 3.05) is 24.2 Å². The number of benzene rings is 1. The van der Waals surface area contributed by atoms with Crippen LogP contribution < -0.4 is 16.0 Å². The minimum Gasteiger partial charge on any atom is -0.350 e. The van der Waals surface area contributed by atoms with Gasteiger partial charge >= 0.3 is 0 Å². The van der Waals surface area contributed by atoms with Crippen LogP contribution in [0.1, 0.15) is 23.2 Å². The van der Waals surface area contributed by atoms with E-state index < -0.39 is 0 Å². The Morgan fingerprint density at radius 3 is 2.76 bits per heavy atom. The number of thioether (sulfide) groups is 1. The van der Waals surface area contributed by atoms with Gasteiger partial charge in [0.2, 0.25) is 5.91 Å². The molecule has 0 bridgehead atoms. The number of hydrogen-bond acceptors (Lipinski definition) is 5. The van der Waals surface area contributed by atoms with Crippen molar-refractivity contribution in [1.82, 2.24) is 10.6 Å². The van der Waals surface area contributed by atoms with Crippen molar-refractivity contribution in [2.45, 2.75) is 23.1 Å². The summed E-state index contributed by atoms with van der Waals surface area (Å²) in [5, 5.41) is 11.1. The third-order valence-corrected chi connectivity index (χ3v) is 6.07. The molecule has 132 valence electrons. The third kappa shape index (κ3) is 5.59. The Hall–Kier alpha value is -1.83. The maximum absolute atomic E-state index is 12.1. The van der Waals surface area contributed by atoms with Crippen molar-refractivity contribution in [3.05, 3.63) is 47.3 Å². The van der Waals surface area contributed by atoms with Gasteiger partial charge in [0.25, 0.3) is 5.91 Å². The van der Waals surface area contributed by atoms with Gasteiger partial charge in [-0.25, -0.2) is 0 Å². The fourth-order valence-electron chi connectivity index (χ4n) is 2.63. The van der Waals surface area contributed by atoms with Crippen LogP contribution in [0.25, 0.3) is 0 Å². The zero-order chi connectivity index (χ0) is 17.5. The molecule has 1 atom stereocenters. The molecule has 2 aromatic rings. The molecule has 25 heavy (non-hydrogen) atoms. The summed E-state index contributed by atoms with van der Waals surface area (Å²) in [5.74, 6) is 0.236. The Morgan fingerprint density at radius 1 is 1.24 bits per heavy atom. The molecule has 0 saturated carbocycles. The molecular weight excluding hydrogens is 354 g/mol.